The van der Waals surface area contributed by atoms with Crippen LogP contribution < -0.4 is 21.5 Å². The topological polar surface area (TPSA) is 120 Å². The minimum Gasteiger partial charge on any atom is -0.348 e. The lowest BCUT2D eigenvalue weighted by Crippen LogP contribution is -2.52. The zero-order valence-electron chi connectivity index (χ0n) is 25.8. The van der Waals surface area contributed by atoms with Crippen molar-refractivity contribution in [3.05, 3.63) is 106 Å². The summed E-state index contributed by atoms with van der Waals surface area (Å²) in [5.74, 6) is -1.55. The second-order valence-electron chi connectivity index (χ2n) is 12.1. The lowest BCUT2D eigenvalue weighted by molar-refractivity contribution is -0.133. The van der Waals surface area contributed by atoms with E-state index in [4.69, 9.17) is 0 Å². The normalized spacial score (nSPS) is 22.0. The molecule has 0 bridgehead atoms. The van der Waals surface area contributed by atoms with E-state index in [2.05, 4.69) is 21.5 Å². The van der Waals surface area contributed by atoms with Gasteiger partial charge < -0.3 is 15.5 Å². The van der Waals surface area contributed by atoms with Gasteiger partial charge in [-0.3, -0.25) is 24.6 Å². The summed E-state index contributed by atoms with van der Waals surface area (Å²) in [6.07, 6.45) is 2.48. The second kappa shape index (κ2) is 14.0. The Morgan fingerprint density at radius 1 is 0.978 bits per heavy atom. The SMILES string of the molecule is Cc1cc(C(=O)NCC(=O)N2[C@@H]([C@H](C)NC(=O)c3ccccc3)CC[C@H]2c2cccc(F)c2)ccc1CC1CC(C)NNC1=O. The molecule has 4 N–H and O–H groups in total. The Morgan fingerprint density at radius 2 is 1.76 bits per heavy atom. The van der Waals surface area contributed by atoms with Gasteiger partial charge in [0.2, 0.25) is 11.8 Å². The first-order chi connectivity index (χ1) is 21.6. The fourth-order valence-corrected chi connectivity index (χ4v) is 6.45. The van der Waals surface area contributed by atoms with E-state index in [1.165, 1.54) is 12.1 Å². The third-order valence-electron chi connectivity index (χ3n) is 8.84. The molecular weight excluding hydrogens is 573 g/mol. The molecule has 0 spiro atoms. The van der Waals surface area contributed by atoms with Gasteiger partial charge in [-0.2, -0.15) is 0 Å². The highest BCUT2D eigenvalue weighted by molar-refractivity contribution is 5.97. The van der Waals surface area contributed by atoms with Crippen molar-refractivity contribution in [2.75, 3.05) is 6.54 Å². The average Bonchev–Trinajstić information content (AvgIpc) is 3.48. The zero-order valence-corrected chi connectivity index (χ0v) is 25.8. The molecule has 10 heteroatoms. The van der Waals surface area contributed by atoms with Crippen molar-refractivity contribution in [2.24, 2.45) is 5.92 Å². The summed E-state index contributed by atoms with van der Waals surface area (Å²) >= 11 is 0. The molecule has 2 aliphatic heterocycles. The van der Waals surface area contributed by atoms with Crippen molar-refractivity contribution in [1.29, 1.82) is 0 Å². The van der Waals surface area contributed by atoms with E-state index < -0.39 is 23.8 Å². The molecule has 0 aromatic heterocycles. The van der Waals surface area contributed by atoms with E-state index in [1.807, 2.05) is 32.9 Å². The predicted molar refractivity (Wildman–Crippen MR) is 168 cm³/mol. The molecule has 3 aromatic rings. The number of nitrogens with one attached hydrogen (secondary N) is 4. The highest BCUT2D eigenvalue weighted by Gasteiger charge is 2.41. The van der Waals surface area contributed by atoms with Gasteiger partial charge in [-0.1, -0.05) is 36.4 Å². The van der Waals surface area contributed by atoms with Gasteiger partial charge in [0.15, 0.2) is 0 Å². The molecule has 4 amide bonds. The monoisotopic (exact) mass is 613 g/mol. The van der Waals surface area contributed by atoms with Crippen LogP contribution in [0.15, 0.2) is 72.8 Å². The molecule has 0 aliphatic carbocycles. The number of carbonyl (C=O) groups is 4. The lowest BCUT2D eigenvalue weighted by atomic mass is 9.89. The fourth-order valence-electron chi connectivity index (χ4n) is 6.45. The minimum atomic E-state index is -0.400. The summed E-state index contributed by atoms with van der Waals surface area (Å²) in [6, 6.07) is 19.4. The minimum absolute atomic E-state index is 0.0430. The van der Waals surface area contributed by atoms with Gasteiger partial charge in [0.1, 0.15) is 5.82 Å². The average molecular weight is 614 g/mol. The summed E-state index contributed by atoms with van der Waals surface area (Å²) < 4.78 is 14.2. The third-order valence-corrected chi connectivity index (χ3v) is 8.84. The molecule has 45 heavy (non-hydrogen) atoms. The number of hydrogen-bond acceptors (Lipinski definition) is 5. The molecule has 2 unspecified atom stereocenters. The van der Waals surface area contributed by atoms with E-state index in [9.17, 15) is 23.6 Å². The maximum absolute atomic E-state index is 14.2. The Bertz CT molecular complexity index is 1560. The molecule has 0 radical (unpaired) electrons. The van der Waals surface area contributed by atoms with E-state index in [0.29, 0.717) is 36.0 Å². The van der Waals surface area contributed by atoms with Crippen molar-refractivity contribution in [3.8, 4) is 0 Å². The fraction of sp³-hybridized carbons (Fsp3) is 0.371. The highest BCUT2D eigenvalue weighted by Crippen LogP contribution is 2.38. The van der Waals surface area contributed by atoms with Gasteiger partial charge in [-0.05, 0) is 99.5 Å². The highest BCUT2D eigenvalue weighted by atomic mass is 19.1. The molecule has 2 fully saturated rings. The Hall–Kier alpha value is -4.57. The summed E-state index contributed by atoms with van der Waals surface area (Å²) in [6.45, 7) is 5.52. The van der Waals surface area contributed by atoms with Crippen LogP contribution in [0.3, 0.4) is 0 Å². The molecule has 236 valence electrons. The number of hydrogen-bond donors (Lipinski definition) is 4. The van der Waals surface area contributed by atoms with Gasteiger partial charge in [0.05, 0.1) is 18.6 Å². The van der Waals surface area contributed by atoms with Crippen molar-refractivity contribution >= 4 is 23.6 Å². The third kappa shape index (κ3) is 7.57. The summed E-state index contributed by atoms with van der Waals surface area (Å²) in [5.41, 5.74) is 9.14. The molecule has 3 aromatic carbocycles. The Balaban J connectivity index is 1.27. The second-order valence-corrected chi connectivity index (χ2v) is 12.1. The van der Waals surface area contributed by atoms with Crippen LogP contribution in [0.1, 0.15) is 76.6 Å². The van der Waals surface area contributed by atoms with Crippen LogP contribution in [0.4, 0.5) is 4.39 Å². The summed E-state index contributed by atoms with van der Waals surface area (Å²) in [7, 11) is 0. The largest absolute Gasteiger partial charge is 0.348 e. The smallest absolute Gasteiger partial charge is 0.251 e. The molecular formula is C35H40FN5O4. The Labute approximate surface area is 262 Å². The van der Waals surface area contributed by atoms with Gasteiger partial charge in [0, 0.05) is 29.1 Å². The van der Waals surface area contributed by atoms with Gasteiger partial charge in [-0.15, -0.1) is 0 Å². The van der Waals surface area contributed by atoms with E-state index in [0.717, 1.165) is 17.5 Å². The van der Waals surface area contributed by atoms with Gasteiger partial charge in [0.25, 0.3) is 11.8 Å². The van der Waals surface area contributed by atoms with Crippen LogP contribution >= 0.6 is 0 Å². The van der Waals surface area contributed by atoms with Crippen molar-refractivity contribution in [2.45, 2.75) is 70.6 Å². The number of carbonyl (C=O) groups excluding carboxylic acids is 4. The van der Waals surface area contributed by atoms with Crippen LogP contribution in [0.2, 0.25) is 0 Å². The number of likely N-dealkylation sites (tertiary alicyclic amines) is 1. The van der Waals surface area contributed by atoms with Crippen LogP contribution in [0.5, 0.6) is 0 Å². The Kier molecular flexibility index (Phi) is 9.93. The van der Waals surface area contributed by atoms with Crippen molar-refractivity contribution < 1.29 is 23.6 Å². The standard InChI is InChI=1S/C35H40FN5O4/c1-21-16-27(13-12-25(21)18-28-17-22(2)39-40-35(28)45)33(43)37-20-32(42)41-30(14-15-31(41)26-10-7-11-29(36)19-26)23(3)38-34(44)24-8-5-4-6-9-24/h4-13,16,19,22-23,28,30-31,39H,14-15,17-18,20H2,1-3H3,(H,37,43)(H,38,44)(H,40,45)/t22?,23-,28?,30+,31-/m0/s1. The van der Waals surface area contributed by atoms with E-state index >= 15 is 0 Å². The number of hydrazine groups is 1. The number of aryl methyl sites for hydroxylation is 1. The number of benzene rings is 3. The van der Waals surface area contributed by atoms with E-state index in [-0.39, 0.29) is 42.3 Å². The van der Waals surface area contributed by atoms with E-state index in [1.54, 1.807) is 53.4 Å². The number of nitrogens with zero attached hydrogens (tertiary/aromatic N) is 1. The summed E-state index contributed by atoms with van der Waals surface area (Å²) in [4.78, 5) is 53.8. The first-order valence-corrected chi connectivity index (χ1v) is 15.5. The molecule has 5 atom stereocenters. The predicted octanol–water partition coefficient (Wildman–Crippen LogP) is 3.99. The maximum atomic E-state index is 14.2. The molecule has 9 nitrogen and oxygen atoms in total. The Morgan fingerprint density at radius 3 is 2.49 bits per heavy atom. The molecule has 2 heterocycles. The van der Waals surface area contributed by atoms with Crippen molar-refractivity contribution in [3.63, 3.8) is 0 Å². The molecule has 5 rings (SSSR count). The first kappa shape index (κ1) is 31.8. The quantitative estimate of drug-likeness (QED) is 0.291. The number of amides is 4. The molecule has 0 saturated carbocycles. The molecule has 2 aliphatic rings. The maximum Gasteiger partial charge on any atom is 0.251 e. The number of rotatable bonds is 9. The van der Waals surface area contributed by atoms with Crippen LogP contribution in [-0.2, 0) is 16.0 Å². The lowest BCUT2D eigenvalue weighted by Gasteiger charge is -2.34. The van der Waals surface area contributed by atoms with Gasteiger partial charge >= 0.3 is 0 Å². The molecule has 2 saturated heterocycles. The van der Waals surface area contributed by atoms with Gasteiger partial charge in [-0.25, -0.2) is 9.82 Å². The van der Waals surface area contributed by atoms with Crippen LogP contribution in [-0.4, -0.2) is 53.2 Å². The van der Waals surface area contributed by atoms with Crippen LogP contribution in [0.25, 0.3) is 0 Å². The summed E-state index contributed by atoms with van der Waals surface area (Å²) in [5, 5.41) is 5.78. The van der Waals surface area contributed by atoms with Crippen molar-refractivity contribution in [1.82, 2.24) is 26.4 Å². The first-order valence-electron chi connectivity index (χ1n) is 15.5. The zero-order chi connectivity index (χ0) is 32.1. The number of halogens is 1. The van der Waals surface area contributed by atoms with Crippen LogP contribution in [0, 0.1) is 18.7 Å².